The zero-order chi connectivity index (χ0) is 17.9. The van der Waals surface area contributed by atoms with Crippen molar-refractivity contribution >= 4 is 33.3 Å². The van der Waals surface area contributed by atoms with Gasteiger partial charge < -0.3 is 10.1 Å². The Morgan fingerprint density at radius 1 is 1.20 bits per heavy atom. The average molecular weight is 355 g/mol. The highest BCUT2D eigenvalue weighted by Crippen LogP contribution is 2.25. The lowest BCUT2D eigenvalue weighted by atomic mass is 10.1. The molecule has 5 nitrogen and oxygen atoms in total. The summed E-state index contributed by atoms with van der Waals surface area (Å²) < 4.78 is 5.60. The van der Waals surface area contributed by atoms with Gasteiger partial charge in [0.2, 0.25) is 0 Å². The van der Waals surface area contributed by atoms with Gasteiger partial charge in [0.1, 0.15) is 28.6 Å². The van der Waals surface area contributed by atoms with Crippen molar-refractivity contribution in [3.05, 3.63) is 53.7 Å². The molecule has 0 amide bonds. The Labute approximate surface area is 151 Å². The van der Waals surface area contributed by atoms with Gasteiger partial charge >= 0.3 is 5.97 Å². The molecule has 0 aliphatic heterocycles. The van der Waals surface area contributed by atoms with Gasteiger partial charge in [-0.05, 0) is 37.8 Å². The van der Waals surface area contributed by atoms with Crippen LogP contribution in [0.5, 0.6) is 0 Å². The minimum Gasteiger partial charge on any atom is -0.458 e. The van der Waals surface area contributed by atoms with E-state index in [9.17, 15) is 4.79 Å². The molecule has 25 heavy (non-hydrogen) atoms. The molecule has 1 atom stereocenters. The molecular weight excluding hydrogens is 334 g/mol. The Hall–Kier alpha value is -2.47. The third-order valence-electron chi connectivity index (χ3n) is 3.55. The van der Waals surface area contributed by atoms with Crippen LogP contribution in [0, 0.1) is 0 Å². The molecule has 0 fully saturated rings. The number of benzene rings is 1. The Kier molecular flexibility index (Phi) is 4.99. The van der Waals surface area contributed by atoms with Crippen LogP contribution in [0.15, 0.2) is 48.1 Å². The summed E-state index contributed by atoms with van der Waals surface area (Å²) in [4.78, 5) is 22.2. The van der Waals surface area contributed by atoms with Gasteiger partial charge in [0.25, 0.3) is 0 Å². The number of carbonyl (C=O) groups excluding carboxylic acids is 1. The third-order valence-corrected chi connectivity index (χ3v) is 4.37. The molecule has 0 aliphatic rings. The third kappa shape index (κ3) is 4.54. The van der Waals surface area contributed by atoms with Crippen molar-refractivity contribution in [2.45, 2.75) is 38.8 Å². The van der Waals surface area contributed by atoms with Gasteiger partial charge in [-0.15, -0.1) is 11.3 Å². The van der Waals surface area contributed by atoms with Crippen LogP contribution in [0.2, 0.25) is 0 Å². The molecule has 0 radical (unpaired) electrons. The second-order valence-electron chi connectivity index (χ2n) is 6.78. The summed E-state index contributed by atoms with van der Waals surface area (Å²) in [7, 11) is 0. The normalized spacial score (nSPS) is 12.8. The number of fused-ring (bicyclic) bond motifs is 1. The molecule has 3 aromatic rings. The Morgan fingerprint density at radius 3 is 2.68 bits per heavy atom. The second kappa shape index (κ2) is 7.19. The smallest absolute Gasteiger partial charge is 0.329 e. The second-order valence-corrected chi connectivity index (χ2v) is 7.68. The maximum atomic E-state index is 12.7. The van der Waals surface area contributed by atoms with E-state index in [1.165, 1.54) is 6.33 Å². The molecular formula is C19H21N3O2S. The summed E-state index contributed by atoms with van der Waals surface area (Å²) in [5.41, 5.74) is 0.512. The molecule has 6 heteroatoms. The zero-order valence-corrected chi connectivity index (χ0v) is 15.3. The highest BCUT2D eigenvalue weighted by atomic mass is 32.1. The van der Waals surface area contributed by atoms with Crippen LogP contribution >= 0.6 is 11.3 Å². The van der Waals surface area contributed by atoms with Crippen LogP contribution in [0.25, 0.3) is 10.2 Å². The van der Waals surface area contributed by atoms with E-state index in [0.29, 0.717) is 12.2 Å². The van der Waals surface area contributed by atoms with Crippen molar-refractivity contribution in [1.82, 2.24) is 9.97 Å². The number of nitrogens with one attached hydrogen (secondary N) is 1. The van der Waals surface area contributed by atoms with E-state index < -0.39 is 11.6 Å². The fourth-order valence-corrected chi connectivity index (χ4v) is 3.22. The minimum absolute atomic E-state index is 0.293. The highest BCUT2D eigenvalue weighted by Gasteiger charge is 2.26. The average Bonchev–Trinajstić information content (AvgIpc) is 3.03. The van der Waals surface area contributed by atoms with Crippen molar-refractivity contribution in [1.29, 1.82) is 0 Å². The van der Waals surface area contributed by atoms with Gasteiger partial charge in [-0.2, -0.15) is 0 Å². The minimum atomic E-state index is -0.545. The summed E-state index contributed by atoms with van der Waals surface area (Å²) >= 11 is 1.54. The predicted octanol–water partition coefficient (Wildman–Crippen LogP) is 4.06. The quantitative estimate of drug-likeness (QED) is 0.699. The predicted molar refractivity (Wildman–Crippen MR) is 101 cm³/mol. The van der Waals surface area contributed by atoms with Gasteiger partial charge in [0, 0.05) is 6.42 Å². The molecule has 0 aliphatic carbocycles. The monoisotopic (exact) mass is 355 g/mol. The Morgan fingerprint density at radius 2 is 1.96 bits per heavy atom. The zero-order valence-electron chi connectivity index (χ0n) is 14.5. The summed E-state index contributed by atoms with van der Waals surface area (Å²) in [6.45, 7) is 5.60. The largest absolute Gasteiger partial charge is 0.458 e. The van der Waals surface area contributed by atoms with Crippen molar-refractivity contribution in [3.8, 4) is 0 Å². The lowest BCUT2D eigenvalue weighted by Gasteiger charge is -2.25. The molecule has 0 saturated carbocycles. The van der Waals surface area contributed by atoms with Crippen molar-refractivity contribution < 1.29 is 9.53 Å². The van der Waals surface area contributed by atoms with E-state index in [1.54, 1.807) is 11.3 Å². The van der Waals surface area contributed by atoms with Crippen LogP contribution < -0.4 is 5.32 Å². The van der Waals surface area contributed by atoms with Gasteiger partial charge in [0.15, 0.2) is 0 Å². The van der Waals surface area contributed by atoms with Crippen molar-refractivity contribution in [2.24, 2.45) is 0 Å². The summed E-state index contributed by atoms with van der Waals surface area (Å²) in [6.07, 6.45) is 2.03. The lowest BCUT2D eigenvalue weighted by Crippen LogP contribution is -2.38. The van der Waals surface area contributed by atoms with Crippen LogP contribution in [0.3, 0.4) is 0 Å². The number of aromatic nitrogens is 2. The molecule has 130 valence electrons. The number of nitrogens with zero attached hydrogens (tertiary/aromatic N) is 2. The first kappa shape index (κ1) is 17.4. The van der Waals surface area contributed by atoms with Crippen LogP contribution in [-0.4, -0.2) is 27.6 Å². The molecule has 1 N–H and O–H groups in total. The topological polar surface area (TPSA) is 64.1 Å². The summed E-state index contributed by atoms with van der Waals surface area (Å²) in [5.74, 6) is 0.358. The molecule has 1 aromatic carbocycles. The first-order valence-corrected chi connectivity index (χ1v) is 9.02. The van der Waals surface area contributed by atoms with E-state index in [1.807, 2.05) is 62.5 Å². The number of carbonyl (C=O) groups is 1. The van der Waals surface area contributed by atoms with E-state index in [-0.39, 0.29) is 5.97 Å². The molecule has 2 aromatic heterocycles. The number of rotatable bonds is 5. The molecule has 0 unspecified atom stereocenters. The van der Waals surface area contributed by atoms with Crippen LogP contribution in [0.4, 0.5) is 5.82 Å². The number of hydrogen-bond acceptors (Lipinski definition) is 6. The summed E-state index contributed by atoms with van der Waals surface area (Å²) in [5, 5.41) is 6.13. The first-order valence-electron chi connectivity index (χ1n) is 8.14. The van der Waals surface area contributed by atoms with Crippen molar-refractivity contribution in [3.63, 3.8) is 0 Å². The maximum Gasteiger partial charge on any atom is 0.329 e. The van der Waals surface area contributed by atoms with Crippen LogP contribution in [0.1, 0.15) is 26.3 Å². The highest BCUT2D eigenvalue weighted by molar-refractivity contribution is 7.16. The van der Waals surface area contributed by atoms with E-state index in [4.69, 9.17) is 4.74 Å². The standard InChI is InChI=1S/C19H21N3O2S/c1-19(2,3)24-18(23)15(11-13-7-5-4-6-8-13)22-16-14-9-10-25-17(14)21-12-20-16/h4-10,12,15H,11H2,1-3H3,(H,20,21,22)/t15-/m0/s1. The first-order chi connectivity index (χ1) is 11.9. The molecule has 0 bridgehead atoms. The molecule has 3 rings (SSSR count). The van der Waals surface area contributed by atoms with Crippen LogP contribution in [-0.2, 0) is 16.0 Å². The number of anilines is 1. The van der Waals surface area contributed by atoms with Gasteiger partial charge in [0.05, 0.1) is 5.39 Å². The Balaban J connectivity index is 1.87. The van der Waals surface area contributed by atoms with Gasteiger partial charge in [-0.25, -0.2) is 14.8 Å². The maximum absolute atomic E-state index is 12.7. The molecule has 2 heterocycles. The number of thiophene rings is 1. The SMILES string of the molecule is CC(C)(C)OC(=O)[C@H](Cc1ccccc1)Nc1ncnc2sccc12. The van der Waals surface area contributed by atoms with E-state index in [0.717, 1.165) is 15.8 Å². The molecule has 0 saturated heterocycles. The fourth-order valence-electron chi connectivity index (χ4n) is 2.49. The van der Waals surface area contributed by atoms with Crippen molar-refractivity contribution in [2.75, 3.05) is 5.32 Å². The Bertz CT molecular complexity index is 856. The number of esters is 1. The van der Waals surface area contributed by atoms with Gasteiger partial charge in [-0.1, -0.05) is 30.3 Å². The van der Waals surface area contributed by atoms with Gasteiger partial charge in [-0.3, -0.25) is 0 Å². The fraction of sp³-hybridized carbons (Fsp3) is 0.316. The van der Waals surface area contributed by atoms with E-state index in [2.05, 4.69) is 15.3 Å². The molecule has 0 spiro atoms. The number of hydrogen-bond donors (Lipinski definition) is 1. The van der Waals surface area contributed by atoms with E-state index >= 15 is 0 Å². The summed E-state index contributed by atoms with van der Waals surface area (Å²) in [6, 6.07) is 11.3. The number of ether oxygens (including phenoxy) is 1. The lowest BCUT2D eigenvalue weighted by molar-refractivity contribution is -0.155.